The number of hydrogen-bond acceptors (Lipinski definition) is 6. The number of likely N-dealkylation sites (tertiary alicyclic amines) is 1. The van der Waals surface area contributed by atoms with Gasteiger partial charge in [0.2, 0.25) is 11.0 Å². The molecule has 0 aliphatic carbocycles. The first-order valence-electron chi connectivity index (χ1n) is 8.87. The van der Waals surface area contributed by atoms with Crippen LogP contribution in [0.3, 0.4) is 0 Å². The van der Waals surface area contributed by atoms with Gasteiger partial charge in [-0.15, -0.1) is 0 Å². The van der Waals surface area contributed by atoms with Gasteiger partial charge in [-0.05, 0) is 55.7 Å². The number of halogens is 1. The lowest BCUT2D eigenvalue weighted by atomic mass is 10.0. The van der Waals surface area contributed by atoms with E-state index < -0.39 is 6.04 Å². The summed E-state index contributed by atoms with van der Waals surface area (Å²) in [5.41, 5.74) is 0.658. The molecule has 1 fully saturated rings. The van der Waals surface area contributed by atoms with Crippen molar-refractivity contribution in [2.24, 2.45) is 0 Å². The molecule has 0 spiro atoms. The molecule has 9 heteroatoms. The predicted molar refractivity (Wildman–Crippen MR) is 101 cm³/mol. The van der Waals surface area contributed by atoms with Crippen LogP contribution in [0.25, 0.3) is 11.4 Å². The first-order valence-corrected chi connectivity index (χ1v) is 9.64. The molecule has 0 saturated carbocycles. The minimum absolute atomic E-state index is 0.217. The maximum absolute atomic E-state index is 13.1. The fourth-order valence-corrected chi connectivity index (χ4v) is 3.76. The molecule has 1 atom stereocenters. The van der Waals surface area contributed by atoms with Crippen LogP contribution in [0.4, 0.5) is 9.52 Å². The van der Waals surface area contributed by atoms with Crippen LogP contribution in [0.1, 0.15) is 29.8 Å². The molecule has 4 rings (SSSR count). The highest BCUT2D eigenvalue weighted by Crippen LogP contribution is 2.24. The summed E-state index contributed by atoms with van der Waals surface area (Å²) < 4.78 is 22.4. The van der Waals surface area contributed by atoms with Crippen molar-refractivity contribution in [3.63, 3.8) is 0 Å². The van der Waals surface area contributed by atoms with Crippen molar-refractivity contribution in [3.05, 3.63) is 54.2 Å². The summed E-state index contributed by atoms with van der Waals surface area (Å²) in [6.07, 6.45) is 3.70. The third kappa shape index (κ3) is 3.79. The van der Waals surface area contributed by atoms with Crippen molar-refractivity contribution in [2.75, 3.05) is 11.9 Å². The van der Waals surface area contributed by atoms with Gasteiger partial charge in [0.15, 0.2) is 11.6 Å². The number of nitrogens with zero attached hydrogens (tertiary/aromatic N) is 3. The van der Waals surface area contributed by atoms with Gasteiger partial charge in [-0.3, -0.25) is 14.9 Å². The van der Waals surface area contributed by atoms with Crippen molar-refractivity contribution in [2.45, 2.75) is 25.3 Å². The molecular weight excluding hydrogens is 383 g/mol. The number of nitrogens with one attached hydrogen (secondary N) is 1. The largest absolute Gasteiger partial charge is 0.459 e. The first kappa shape index (κ1) is 18.3. The average Bonchev–Trinajstić information content (AvgIpc) is 3.40. The molecule has 0 radical (unpaired) electrons. The second-order valence-electron chi connectivity index (χ2n) is 6.41. The number of rotatable bonds is 4. The quantitative estimate of drug-likeness (QED) is 0.723. The van der Waals surface area contributed by atoms with Crippen molar-refractivity contribution in [3.8, 4) is 11.4 Å². The van der Waals surface area contributed by atoms with E-state index in [0.29, 0.717) is 29.5 Å². The zero-order chi connectivity index (χ0) is 19.5. The van der Waals surface area contributed by atoms with Crippen molar-refractivity contribution in [1.29, 1.82) is 0 Å². The molecule has 1 unspecified atom stereocenters. The molecule has 1 N–H and O–H groups in total. The number of carbonyl (C=O) groups is 2. The Morgan fingerprint density at radius 3 is 2.79 bits per heavy atom. The number of piperidine rings is 1. The summed E-state index contributed by atoms with van der Waals surface area (Å²) in [4.78, 5) is 31.3. The number of carbonyl (C=O) groups excluding carboxylic acids is 2. The lowest BCUT2D eigenvalue weighted by molar-refractivity contribution is -0.121. The highest BCUT2D eigenvalue weighted by Gasteiger charge is 2.34. The SMILES string of the molecule is O=C(Nc1nc(-c2ccc(F)cc2)ns1)C1CCCCN1C(=O)c1ccco1. The second kappa shape index (κ2) is 7.89. The molecule has 1 aliphatic rings. The molecule has 3 heterocycles. The number of aromatic nitrogens is 2. The van der Waals surface area contributed by atoms with E-state index in [2.05, 4.69) is 14.7 Å². The van der Waals surface area contributed by atoms with Crippen LogP contribution in [-0.4, -0.2) is 38.7 Å². The fourth-order valence-electron chi connectivity index (χ4n) is 3.17. The van der Waals surface area contributed by atoms with E-state index in [-0.39, 0.29) is 23.4 Å². The third-order valence-corrected chi connectivity index (χ3v) is 5.19. The molecule has 1 saturated heterocycles. The van der Waals surface area contributed by atoms with E-state index in [4.69, 9.17) is 4.42 Å². The van der Waals surface area contributed by atoms with Gasteiger partial charge < -0.3 is 9.32 Å². The summed E-state index contributed by atoms with van der Waals surface area (Å²) in [6.45, 7) is 0.495. The van der Waals surface area contributed by atoms with Crippen LogP contribution in [-0.2, 0) is 4.79 Å². The summed E-state index contributed by atoms with van der Waals surface area (Å²) in [7, 11) is 0. The molecule has 1 aliphatic heterocycles. The molecule has 2 aromatic heterocycles. The summed E-state index contributed by atoms with van der Waals surface area (Å²) >= 11 is 1.04. The maximum Gasteiger partial charge on any atom is 0.290 e. The molecule has 1 aromatic carbocycles. The van der Waals surface area contributed by atoms with Crippen molar-refractivity contribution >= 4 is 28.5 Å². The van der Waals surface area contributed by atoms with Gasteiger partial charge in [0.1, 0.15) is 11.9 Å². The lowest BCUT2D eigenvalue weighted by Gasteiger charge is -2.33. The standard InChI is InChI=1S/C19H17FN4O3S/c20-13-8-6-12(7-9-13)16-21-19(28-23-16)22-17(25)14-4-1-2-10-24(14)18(26)15-5-3-11-27-15/h3,5-9,11,14H,1-2,4,10H2,(H,21,22,23,25). The Morgan fingerprint density at radius 2 is 2.04 bits per heavy atom. The number of benzene rings is 1. The molecule has 144 valence electrons. The number of hydrogen-bond donors (Lipinski definition) is 1. The Labute approximate surface area is 164 Å². The van der Waals surface area contributed by atoms with Crippen LogP contribution in [0.15, 0.2) is 47.1 Å². The van der Waals surface area contributed by atoms with Gasteiger partial charge in [0.05, 0.1) is 6.26 Å². The maximum atomic E-state index is 13.1. The lowest BCUT2D eigenvalue weighted by Crippen LogP contribution is -2.49. The Balaban J connectivity index is 1.47. The Bertz CT molecular complexity index is 971. The second-order valence-corrected chi connectivity index (χ2v) is 7.16. The summed E-state index contributed by atoms with van der Waals surface area (Å²) in [6, 6.07) is 8.45. The number of anilines is 1. The Kier molecular flexibility index (Phi) is 5.16. The van der Waals surface area contributed by atoms with Crippen LogP contribution in [0, 0.1) is 5.82 Å². The van der Waals surface area contributed by atoms with E-state index in [0.717, 1.165) is 24.4 Å². The van der Waals surface area contributed by atoms with E-state index >= 15 is 0 Å². The smallest absolute Gasteiger partial charge is 0.290 e. The topological polar surface area (TPSA) is 88.3 Å². The molecular formula is C19H17FN4O3S. The highest BCUT2D eigenvalue weighted by molar-refractivity contribution is 7.10. The summed E-state index contributed by atoms with van der Waals surface area (Å²) in [5, 5.41) is 3.08. The van der Waals surface area contributed by atoms with Crippen LogP contribution < -0.4 is 5.32 Å². The van der Waals surface area contributed by atoms with Crippen molar-refractivity contribution in [1.82, 2.24) is 14.3 Å². The van der Waals surface area contributed by atoms with Gasteiger partial charge >= 0.3 is 0 Å². The normalized spacial score (nSPS) is 16.8. The van der Waals surface area contributed by atoms with Gasteiger partial charge in [-0.25, -0.2) is 4.39 Å². The zero-order valence-corrected chi connectivity index (χ0v) is 15.6. The first-order chi connectivity index (χ1) is 13.6. The van der Waals surface area contributed by atoms with E-state index in [1.165, 1.54) is 18.4 Å². The predicted octanol–water partition coefficient (Wildman–Crippen LogP) is 3.57. The van der Waals surface area contributed by atoms with Crippen LogP contribution in [0.5, 0.6) is 0 Å². The minimum atomic E-state index is -0.593. The number of amides is 2. The monoisotopic (exact) mass is 400 g/mol. The molecule has 3 aromatic rings. The van der Waals surface area contributed by atoms with Crippen molar-refractivity contribution < 1.29 is 18.4 Å². The Morgan fingerprint density at radius 1 is 1.21 bits per heavy atom. The third-order valence-electron chi connectivity index (χ3n) is 4.56. The average molecular weight is 400 g/mol. The van der Waals surface area contributed by atoms with Crippen LogP contribution >= 0.6 is 11.5 Å². The van der Waals surface area contributed by atoms with Gasteiger partial charge in [-0.2, -0.15) is 9.36 Å². The fraction of sp³-hybridized carbons (Fsp3) is 0.263. The van der Waals surface area contributed by atoms with Crippen LogP contribution in [0.2, 0.25) is 0 Å². The zero-order valence-electron chi connectivity index (χ0n) is 14.8. The molecule has 0 bridgehead atoms. The minimum Gasteiger partial charge on any atom is -0.459 e. The summed E-state index contributed by atoms with van der Waals surface area (Å²) in [5.74, 6) is -0.316. The number of furan rings is 1. The van der Waals surface area contributed by atoms with E-state index in [1.54, 1.807) is 29.2 Å². The van der Waals surface area contributed by atoms with Gasteiger partial charge in [0, 0.05) is 23.6 Å². The molecule has 7 nitrogen and oxygen atoms in total. The van der Waals surface area contributed by atoms with E-state index in [9.17, 15) is 14.0 Å². The van der Waals surface area contributed by atoms with Gasteiger partial charge in [0.25, 0.3) is 5.91 Å². The van der Waals surface area contributed by atoms with Gasteiger partial charge in [-0.1, -0.05) is 0 Å². The highest BCUT2D eigenvalue weighted by atomic mass is 32.1. The van der Waals surface area contributed by atoms with E-state index in [1.807, 2.05) is 0 Å². The molecule has 2 amide bonds. The molecule has 28 heavy (non-hydrogen) atoms. The Hall–Kier alpha value is -3.07.